The number of nitrogens with one attached hydrogen (secondary N) is 1. The number of halogens is 1. The molecular weight excluding hydrogens is 451 g/mol. The van der Waals surface area contributed by atoms with Gasteiger partial charge < -0.3 is 25.2 Å². The minimum atomic E-state index is -1.12. The van der Waals surface area contributed by atoms with Crippen LogP contribution in [0.1, 0.15) is 30.4 Å². The van der Waals surface area contributed by atoms with Crippen molar-refractivity contribution in [2.75, 3.05) is 13.2 Å². The molecule has 8 heteroatoms. The first-order valence-corrected chi connectivity index (χ1v) is 11.7. The molecule has 0 radical (unpaired) electrons. The summed E-state index contributed by atoms with van der Waals surface area (Å²) < 4.78 is 19.6. The highest BCUT2D eigenvalue weighted by Crippen LogP contribution is 2.47. The third-order valence-corrected chi connectivity index (χ3v) is 6.28. The van der Waals surface area contributed by atoms with Crippen molar-refractivity contribution in [1.29, 1.82) is 0 Å². The first-order valence-electron chi connectivity index (χ1n) is 11.7. The normalized spacial score (nSPS) is 22.7. The molecule has 2 aromatic rings. The Morgan fingerprint density at radius 3 is 2.63 bits per heavy atom. The van der Waals surface area contributed by atoms with Crippen LogP contribution in [0.2, 0.25) is 0 Å². The summed E-state index contributed by atoms with van der Waals surface area (Å²) >= 11 is 0. The van der Waals surface area contributed by atoms with Crippen molar-refractivity contribution < 1.29 is 28.9 Å². The molecule has 184 valence electrons. The SMILES string of the molecule is CCC=CC(=O)N(Cc1ccc(F)cc1)[C@@H]1C=C(C(=O)NCCO)[C@@H]2c3ccccc3O[C@@H]2[C@H]1O. The number of para-hydroxylation sites is 1. The molecule has 0 fully saturated rings. The molecule has 1 heterocycles. The number of nitrogens with zero attached hydrogens (tertiary/aromatic N) is 1. The summed E-state index contributed by atoms with van der Waals surface area (Å²) in [5.74, 6) is -1.08. The second-order valence-corrected chi connectivity index (χ2v) is 8.58. The van der Waals surface area contributed by atoms with Crippen LogP contribution in [-0.4, -0.2) is 58.3 Å². The van der Waals surface area contributed by atoms with Crippen LogP contribution in [0.4, 0.5) is 4.39 Å². The fourth-order valence-corrected chi connectivity index (χ4v) is 4.62. The van der Waals surface area contributed by atoms with Gasteiger partial charge in [0.2, 0.25) is 11.8 Å². The molecule has 2 amide bonds. The topological polar surface area (TPSA) is 99.1 Å². The van der Waals surface area contributed by atoms with Gasteiger partial charge in [-0.25, -0.2) is 4.39 Å². The third kappa shape index (κ3) is 5.13. The summed E-state index contributed by atoms with van der Waals surface area (Å²) in [6, 6.07) is 12.2. The van der Waals surface area contributed by atoms with Gasteiger partial charge >= 0.3 is 0 Å². The molecule has 0 aromatic heterocycles. The molecule has 7 nitrogen and oxygen atoms in total. The van der Waals surface area contributed by atoms with Crippen LogP contribution in [0.25, 0.3) is 0 Å². The van der Waals surface area contributed by atoms with Gasteiger partial charge in [-0.1, -0.05) is 43.3 Å². The molecule has 1 aliphatic heterocycles. The van der Waals surface area contributed by atoms with Gasteiger partial charge in [0.1, 0.15) is 23.8 Å². The molecule has 0 saturated heterocycles. The first kappa shape index (κ1) is 24.6. The number of hydrogen-bond acceptors (Lipinski definition) is 5. The summed E-state index contributed by atoms with van der Waals surface area (Å²) in [4.78, 5) is 27.8. The van der Waals surface area contributed by atoms with Crippen LogP contribution in [0, 0.1) is 5.82 Å². The number of ether oxygens (including phenoxy) is 1. The van der Waals surface area contributed by atoms with Crippen LogP contribution in [0.5, 0.6) is 5.75 Å². The quantitative estimate of drug-likeness (QED) is 0.504. The van der Waals surface area contributed by atoms with E-state index in [1.807, 2.05) is 25.1 Å². The molecular formula is C27H29FN2O5. The molecule has 2 aromatic carbocycles. The number of rotatable bonds is 8. The third-order valence-electron chi connectivity index (χ3n) is 6.28. The molecule has 4 rings (SSSR count). The molecule has 35 heavy (non-hydrogen) atoms. The first-order chi connectivity index (χ1) is 16.9. The Morgan fingerprint density at radius 1 is 1.17 bits per heavy atom. The van der Waals surface area contributed by atoms with Gasteiger partial charge in [0.15, 0.2) is 0 Å². The smallest absolute Gasteiger partial charge is 0.247 e. The number of hydrogen-bond donors (Lipinski definition) is 3. The lowest BCUT2D eigenvalue weighted by Gasteiger charge is -2.40. The number of fused-ring (bicyclic) bond motifs is 3. The number of carbonyl (C=O) groups excluding carboxylic acids is 2. The maximum absolute atomic E-state index is 13.5. The average molecular weight is 481 g/mol. The summed E-state index contributed by atoms with van der Waals surface area (Å²) in [5.41, 5.74) is 1.82. The second-order valence-electron chi connectivity index (χ2n) is 8.58. The van der Waals surface area contributed by atoms with Crippen molar-refractivity contribution >= 4 is 11.8 Å². The summed E-state index contributed by atoms with van der Waals surface area (Å²) in [6.45, 7) is 1.85. The highest BCUT2D eigenvalue weighted by atomic mass is 19.1. The lowest BCUT2D eigenvalue weighted by atomic mass is 9.77. The van der Waals surface area contributed by atoms with Crippen LogP contribution >= 0.6 is 0 Å². The Morgan fingerprint density at radius 2 is 1.91 bits per heavy atom. The van der Waals surface area contributed by atoms with E-state index in [0.29, 0.717) is 23.3 Å². The van der Waals surface area contributed by atoms with E-state index in [9.17, 15) is 24.2 Å². The number of aliphatic hydroxyl groups is 2. The van der Waals surface area contributed by atoms with Crippen molar-refractivity contribution in [3.8, 4) is 5.75 Å². The molecule has 3 N–H and O–H groups in total. The molecule has 2 aliphatic rings. The number of amides is 2. The van der Waals surface area contributed by atoms with Crippen molar-refractivity contribution in [2.45, 2.75) is 44.1 Å². The predicted molar refractivity (Wildman–Crippen MR) is 128 cm³/mol. The Balaban J connectivity index is 1.76. The molecule has 4 atom stereocenters. The van der Waals surface area contributed by atoms with Crippen molar-refractivity contribution in [1.82, 2.24) is 10.2 Å². The summed E-state index contributed by atoms with van der Waals surface area (Å²) in [5, 5.41) is 23.3. The van der Waals surface area contributed by atoms with Crippen LogP contribution in [0.3, 0.4) is 0 Å². The van der Waals surface area contributed by atoms with Gasteiger partial charge in [0, 0.05) is 24.2 Å². The number of carbonyl (C=O) groups is 2. The lowest BCUT2D eigenvalue weighted by Crippen LogP contribution is -2.55. The van der Waals surface area contributed by atoms with E-state index in [0.717, 1.165) is 5.56 Å². The second kappa shape index (κ2) is 10.8. The molecule has 0 unspecified atom stereocenters. The van der Waals surface area contributed by atoms with Crippen molar-refractivity contribution in [2.24, 2.45) is 0 Å². The van der Waals surface area contributed by atoms with Gasteiger partial charge in [-0.15, -0.1) is 0 Å². The largest absolute Gasteiger partial charge is 0.486 e. The summed E-state index contributed by atoms with van der Waals surface area (Å²) in [7, 11) is 0. The van der Waals surface area contributed by atoms with Crippen LogP contribution in [-0.2, 0) is 16.1 Å². The van der Waals surface area contributed by atoms with Crippen LogP contribution in [0.15, 0.2) is 72.3 Å². The Hall–Kier alpha value is -3.49. The number of aliphatic hydroxyl groups excluding tert-OH is 2. The Kier molecular flexibility index (Phi) is 7.63. The van der Waals surface area contributed by atoms with Gasteiger partial charge in [0.05, 0.1) is 18.6 Å². The number of benzene rings is 2. The number of allylic oxidation sites excluding steroid dienone is 1. The molecule has 0 bridgehead atoms. The Bertz CT molecular complexity index is 1130. The minimum Gasteiger partial charge on any atom is -0.486 e. The maximum Gasteiger partial charge on any atom is 0.247 e. The van der Waals surface area contributed by atoms with E-state index in [-0.39, 0.29) is 25.6 Å². The zero-order valence-electron chi connectivity index (χ0n) is 19.4. The fraction of sp³-hybridized carbons (Fsp3) is 0.333. The van der Waals surface area contributed by atoms with Gasteiger partial charge in [-0.2, -0.15) is 0 Å². The van der Waals surface area contributed by atoms with Crippen molar-refractivity contribution in [3.05, 3.63) is 89.3 Å². The monoisotopic (exact) mass is 480 g/mol. The average Bonchev–Trinajstić information content (AvgIpc) is 3.26. The van der Waals surface area contributed by atoms with Gasteiger partial charge in [0.25, 0.3) is 0 Å². The van der Waals surface area contributed by atoms with Gasteiger partial charge in [-0.05, 0) is 42.3 Å². The van der Waals surface area contributed by atoms with E-state index < -0.39 is 35.9 Å². The Labute approximate surface area is 203 Å². The zero-order valence-corrected chi connectivity index (χ0v) is 19.4. The van der Waals surface area contributed by atoms with E-state index in [2.05, 4.69) is 5.32 Å². The molecule has 0 saturated carbocycles. The molecule has 0 spiro atoms. The predicted octanol–water partition coefficient (Wildman–Crippen LogP) is 2.44. The van der Waals surface area contributed by atoms with E-state index in [1.165, 1.54) is 23.1 Å². The van der Waals surface area contributed by atoms with Gasteiger partial charge in [-0.3, -0.25) is 9.59 Å². The maximum atomic E-state index is 13.5. The van der Waals surface area contributed by atoms with Crippen molar-refractivity contribution in [3.63, 3.8) is 0 Å². The molecule has 1 aliphatic carbocycles. The standard InChI is InChI=1S/C27H29FN2O5/c1-2-3-8-23(32)30(16-17-9-11-18(28)12-10-17)21-15-20(27(34)29-13-14-31)24-19-6-4-5-7-22(19)35-26(24)25(21)33/h3-12,15,21,24-26,31,33H,2,13-14,16H2,1H3,(H,29,34)/t21-,24+,25+,26+/m1/s1. The van der Waals surface area contributed by atoms with E-state index >= 15 is 0 Å². The highest BCUT2D eigenvalue weighted by Gasteiger charge is 2.50. The van der Waals surface area contributed by atoms with Crippen LogP contribution < -0.4 is 10.1 Å². The van der Waals surface area contributed by atoms with E-state index in [4.69, 9.17) is 4.74 Å². The zero-order chi connectivity index (χ0) is 24.9. The minimum absolute atomic E-state index is 0.0702. The fourth-order valence-electron chi connectivity index (χ4n) is 4.62. The lowest BCUT2D eigenvalue weighted by molar-refractivity contribution is -0.133. The van der Waals surface area contributed by atoms with E-state index in [1.54, 1.807) is 30.4 Å². The highest BCUT2D eigenvalue weighted by molar-refractivity contribution is 5.96. The summed E-state index contributed by atoms with van der Waals surface area (Å²) in [6.07, 6.45) is 3.52.